The Bertz CT molecular complexity index is 971. The van der Waals surface area contributed by atoms with Gasteiger partial charge >= 0.3 is 6.18 Å². The highest BCUT2D eigenvalue weighted by molar-refractivity contribution is 8.17. The Kier molecular flexibility index (Phi) is 6.31. The molecule has 0 bridgehead atoms. The smallest absolute Gasteiger partial charge is 0.260 e. The number of pyridine rings is 1. The van der Waals surface area contributed by atoms with Gasteiger partial charge in [0.25, 0.3) is 0 Å². The summed E-state index contributed by atoms with van der Waals surface area (Å²) in [5.74, 6) is 0. The van der Waals surface area contributed by atoms with E-state index in [2.05, 4.69) is 16.6 Å². The van der Waals surface area contributed by atoms with E-state index in [1.807, 2.05) is 30.3 Å². The molecule has 0 aliphatic carbocycles. The van der Waals surface area contributed by atoms with Gasteiger partial charge in [0, 0.05) is 18.2 Å². The van der Waals surface area contributed by atoms with Gasteiger partial charge in [-0.05, 0) is 35.9 Å². The topological polar surface area (TPSA) is 25.2 Å². The van der Waals surface area contributed by atoms with Crippen LogP contribution in [-0.2, 0) is 6.42 Å². The van der Waals surface area contributed by atoms with Gasteiger partial charge in [-0.1, -0.05) is 60.8 Å². The van der Waals surface area contributed by atoms with Crippen molar-refractivity contribution in [3.63, 3.8) is 0 Å². The van der Waals surface area contributed by atoms with Crippen LogP contribution < -0.4 is 0 Å². The van der Waals surface area contributed by atoms with Gasteiger partial charge in [-0.25, -0.2) is 4.99 Å². The summed E-state index contributed by atoms with van der Waals surface area (Å²) in [6.07, 6.45) is 4.81. The van der Waals surface area contributed by atoms with Crippen LogP contribution in [0.5, 0.6) is 0 Å². The van der Waals surface area contributed by atoms with Crippen molar-refractivity contribution in [2.75, 3.05) is 0 Å². The van der Waals surface area contributed by atoms with E-state index in [0.29, 0.717) is 35.1 Å². The summed E-state index contributed by atoms with van der Waals surface area (Å²) < 4.78 is 40.2. The van der Waals surface area contributed by atoms with Crippen LogP contribution in [0.1, 0.15) is 16.8 Å². The molecular formula is C22H17F3N2S. The van der Waals surface area contributed by atoms with Crippen LogP contribution in [0.25, 0.3) is 0 Å². The van der Waals surface area contributed by atoms with Crippen LogP contribution in [-0.4, -0.2) is 16.2 Å². The molecule has 0 radical (unpaired) electrons. The number of rotatable bonds is 4. The third-order valence-corrected chi connectivity index (χ3v) is 4.95. The van der Waals surface area contributed by atoms with E-state index in [-0.39, 0.29) is 5.04 Å². The van der Waals surface area contributed by atoms with E-state index in [0.717, 1.165) is 11.6 Å². The van der Waals surface area contributed by atoms with Gasteiger partial charge in [0.15, 0.2) is 0 Å². The van der Waals surface area contributed by atoms with E-state index < -0.39 is 11.1 Å². The lowest BCUT2D eigenvalue weighted by Crippen LogP contribution is -2.13. The number of allylic oxidation sites excluding steroid dienone is 6. The van der Waals surface area contributed by atoms with Crippen molar-refractivity contribution in [3.8, 4) is 0 Å². The largest absolute Gasteiger partial charge is 0.422 e. The molecule has 0 amide bonds. The number of alkyl halides is 3. The fourth-order valence-corrected chi connectivity index (χ4v) is 3.51. The Hall–Kier alpha value is -2.86. The van der Waals surface area contributed by atoms with Crippen molar-refractivity contribution in [1.82, 2.24) is 4.98 Å². The normalized spacial score (nSPS) is 19.2. The third kappa shape index (κ3) is 5.10. The van der Waals surface area contributed by atoms with Gasteiger partial charge in [-0.15, -0.1) is 0 Å². The first-order valence-corrected chi connectivity index (χ1v) is 9.32. The molecule has 2 nitrogen and oxygen atoms in total. The zero-order chi connectivity index (χ0) is 20.0. The zero-order valence-corrected chi connectivity index (χ0v) is 15.7. The van der Waals surface area contributed by atoms with Crippen LogP contribution in [0.2, 0.25) is 0 Å². The van der Waals surface area contributed by atoms with Gasteiger partial charge in [0.1, 0.15) is 5.04 Å². The standard InChI is InChI=1S/C22H17F3N2S/c1-2-8-17-11-6-13-20(22(23,24)25)28-21(27-17)18-12-7-14-26-19(18)15-16-9-4-3-5-10-16/h2-14H,1,15H2/b11-6-,17-8-,20-13-,27-21?. The second-order valence-corrected chi connectivity index (χ2v) is 6.92. The second-order valence-electron chi connectivity index (χ2n) is 5.89. The van der Waals surface area contributed by atoms with Crippen LogP contribution >= 0.6 is 11.8 Å². The Labute approximate surface area is 165 Å². The molecule has 0 unspecified atom stereocenters. The minimum absolute atomic E-state index is 0.250. The summed E-state index contributed by atoms with van der Waals surface area (Å²) in [5, 5.41) is 0.250. The molecule has 0 spiro atoms. The number of aliphatic imine (C=N–C) groups is 1. The number of benzene rings is 1. The summed E-state index contributed by atoms with van der Waals surface area (Å²) in [5.41, 5.74) is 2.79. The quantitative estimate of drug-likeness (QED) is 0.609. The van der Waals surface area contributed by atoms with E-state index >= 15 is 0 Å². The Balaban J connectivity index is 2.08. The molecule has 1 aromatic heterocycles. The van der Waals surface area contributed by atoms with Gasteiger partial charge in [0.2, 0.25) is 0 Å². The lowest BCUT2D eigenvalue weighted by Gasteiger charge is -2.16. The van der Waals surface area contributed by atoms with Crippen LogP contribution in [0.3, 0.4) is 0 Å². The molecule has 28 heavy (non-hydrogen) atoms. The average molecular weight is 398 g/mol. The second kappa shape index (κ2) is 8.89. The van der Waals surface area contributed by atoms with Gasteiger partial charge in [-0.2, -0.15) is 13.2 Å². The first kappa shape index (κ1) is 19.9. The maximum Gasteiger partial charge on any atom is 0.422 e. The Morgan fingerprint density at radius 2 is 1.86 bits per heavy atom. The molecule has 0 saturated heterocycles. The molecule has 2 aromatic rings. The van der Waals surface area contributed by atoms with Crippen molar-refractivity contribution < 1.29 is 13.2 Å². The first-order valence-electron chi connectivity index (χ1n) is 8.50. The zero-order valence-electron chi connectivity index (χ0n) is 14.9. The number of hydrogen-bond donors (Lipinski definition) is 0. The van der Waals surface area contributed by atoms with Crippen molar-refractivity contribution in [2.24, 2.45) is 4.99 Å². The van der Waals surface area contributed by atoms with Gasteiger partial charge in [-0.3, -0.25) is 4.98 Å². The van der Waals surface area contributed by atoms with Gasteiger partial charge in [0.05, 0.1) is 16.3 Å². The number of halogens is 3. The molecule has 142 valence electrons. The maximum absolute atomic E-state index is 13.4. The molecule has 1 aliphatic heterocycles. The molecule has 0 atom stereocenters. The lowest BCUT2D eigenvalue weighted by molar-refractivity contribution is -0.0835. The third-order valence-electron chi connectivity index (χ3n) is 3.85. The number of thioether (sulfide) groups is 1. The molecule has 2 heterocycles. The molecule has 3 rings (SSSR count). The highest BCUT2D eigenvalue weighted by Gasteiger charge is 2.35. The van der Waals surface area contributed by atoms with E-state index in [1.54, 1.807) is 30.5 Å². The maximum atomic E-state index is 13.4. The highest BCUT2D eigenvalue weighted by Crippen LogP contribution is 2.38. The fraction of sp³-hybridized carbons (Fsp3) is 0.0909. The number of hydrogen-bond acceptors (Lipinski definition) is 3. The lowest BCUT2D eigenvalue weighted by atomic mass is 10.1. The summed E-state index contributed by atoms with van der Waals surface area (Å²) in [6, 6.07) is 13.1. The monoisotopic (exact) mass is 398 g/mol. The summed E-state index contributed by atoms with van der Waals surface area (Å²) in [4.78, 5) is 8.15. The summed E-state index contributed by atoms with van der Waals surface area (Å²) in [7, 11) is 0. The SMILES string of the molecule is C=C/C=C1/C=C\C=C(\C(F)(F)F)SC(c2cccnc2Cc2ccccc2)=N1. The molecule has 1 aromatic carbocycles. The van der Waals surface area contributed by atoms with Crippen LogP contribution in [0, 0.1) is 0 Å². The predicted octanol–water partition coefficient (Wildman–Crippen LogP) is 6.24. The first-order chi connectivity index (χ1) is 13.5. The highest BCUT2D eigenvalue weighted by atomic mass is 32.2. The molecule has 0 saturated carbocycles. The molecule has 1 aliphatic rings. The van der Waals surface area contributed by atoms with Gasteiger partial charge < -0.3 is 0 Å². The minimum Gasteiger partial charge on any atom is -0.260 e. The number of aromatic nitrogens is 1. The molecular weight excluding hydrogens is 381 g/mol. The van der Waals surface area contributed by atoms with Crippen molar-refractivity contribution in [2.45, 2.75) is 12.6 Å². The molecule has 0 N–H and O–H groups in total. The van der Waals surface area contributed by atoms with Crippen LogP contribution in [0.4, 0.5) is 13.2 Å². The van der Waals surface area contributed by atoms with E-state index in [4.69, 9.17) is 0 Å². The minimum atomic E-state index is -4.46. The predicted molar refractivity (Wildman–Crippen MR) is 109 cm³/mol. The van der Waals surface area contributed by atoms with Crippen molar-refractivity contribution in [3.05, 3.63) is 113 Å². The van der Waals surface area contributed by atoms with Crippen molar-refractivity contribution >= 4 is 16.8 Å². The van der Waals surface area contributed by atoms with E-state index in [9.17, 15) is 13.2 Å². The molecule has 6 heteroatoms. The van der Waals surface area contributed by atoms with Crippen LogP contribution in [0.15, 0.2) is 101 Å². The summed E-state index contributed by atoms with van der Waals surface area (Å²) in [6.45, 7) is 3.64. The Morgan fingerprint density at radius 3 is 2.57 bits per heavy atom. The summed E-state index contributed by atoms with van der Waals surface area (Å²) >= 11 is 0.600. The number of nitrogens with zero attached hydrogens (tertiary/aromatic N) is 2. The molecule has 0 fully saturated rings. The van der Waals surface area contributed by atoms with E-state index in [1.165, 1.54) is 12.2 Å². The Morgan fingerprint density at radius 1 is 1.07 bits per heavy atom. The van der Waals surface area contributed by atoms with Crippen molar-refractivity contribution in [1.29, 1.82) is 0 Å². The fourth-order valence-electron chi connectivity index (χ4n) is 2.59. The average Bonchev–Trinajstić information content (AvgIpc) is 2.64.